The van der Waals surface area contributed by atoms with Gasteiger partial charge in [-0.2, -0.15) is 0 Å². The van der Waals surface area contributed by atoms with E-state index < -0.39 is 5.97 Å². The fourth-order valence-electron chi connectivity index (χ4n) is 2.30. The molecule has 3 aromatic rings. The van der Waals surface area contributed by atoms with E-state index in [-0.39, 0.29) is 11.5 Å². The topological polar surface area (TPSA) is 96.6 Å². The van der Waals surface area contributed by atoms with Crippen LogP contribution in [0.5, 0.6) is 0 Å². The molecule has 0 aliphatic carbocycles. The monoisotopic (exact) mass is 330 g/mol. The summed E-state index contributed by atoms with van der Waals surface area (Å²) in [5.41, 5.74) is 1.87. The van der Waals surface area contributed by atoms with Crippen LogP contribution in [0.1, 0.15) is 37.1 Å². The minimum atomic E-state index is -0.970. The van der Waals surface area contributed by atoms with Crippen molar-refractivity contribution in [2.75, 3.05) is 0 Å². The Hall–Kier alpha value is -2.74. The van der Waals surface area contributed by atoms with E-state index >= 15 is 0 Å². The second-order valence-electron chi connectivity index (χ2n) is 5.07. The third-order valence-electron chi connectivity index (χ3n) is 3.51. The number of hydrogen-bond donors (Lipinski definition) is 2. The molecular weight excluding hydrogens is 316 g/mol. The molecule has 1 amide bonds. The first-order valence-corrected chi connectivity index (χ1v) is 7.70. The van der Waals surface area contributed by atoms with Crippen LogP contribution in [0, 0.1) is 13.8 Å². The lowest BCUT2D eigenvalue weighted by Crippen LogP contribution is -2.22. The molecule has 0 radical (unpaired) electrons. The van der Waals surface area contributed by atoms with Crippen molar-refractivity contribution < 1.29 is 14.7 Å². The van der Waals surface area contributed by atoms with Crippen LogP contribution in [0.3, 0.4) is 0 Å². The summed E-state index contributed by atoms with van der Waals surface area (Å²) in [7, 11) is 0. The summed E-state index contributed by atoms with van der Waals surface area (Å²) >= 11 is 1.29. The number of rotatable bonds is 4. The van der Waals surface area contributed by atoms with Gasteiger partial charge in [-0.1, -0.05) is 23.5 Å². The fourth-order valence-corrected chi connectivity index (χ4v) is 3.33. The predicted octanol–water partition coefficient (Wildman–Crippen LogP) is 2.04. The Bertz CT molecular complexity index is 895. The number of thiazole rings is 1. The molecular formula is C15H14N4O3S. The predicted molar refractivity (Wildman–Crippen MR) is 84.9 cm³/mol. The molecule has 1 aromatic carbocycles. The van der Waals surface area contributed by atoms with Gasteiger partial charge in [-0.05, 0) is 31.5 Å². The molecule has 0 fully saturated rings. The molecule has 7 nitrogen and oxygen atoms in total. The Balaban J connectivity index is 1.73. The average Bonchev–Trinajstić information content (AvgIpc) is 3.06. The van der Waals surface area contributed by atoms with Crippen LogP contribution in [0.2, 0.25) is 0 Å². The molecule has 0 unspecified atom stereocenters. The zero-order valence-electron chi connectivity index (χ0n) is 12.5. The van der Waals surface area contributed by atoms with E-state index in [2.05, 4.69) is 15.5 Å². The second-order valence-corrected chi connectivity index (χ2v) is 6.04. The zero-order valence-corrected chi connectivity index (χ0v) is 13.3. The highest BCUT2D eigenvalue weighted by Gasteiger charge is 2.18. The van der Waals surface area contributed by atoms with Crippen molar-refractivity contribution in [2.45, 2.75) is 20.4 Å². The molecule has 0 aliphatic rings. The van der Waals surface area contributed by atoms with Crippen molar-refractivity contribution in [3.8, 4) is 0 Å². The standard InChI is InChI=1S/C15H14N4O3S/c1-8-12(23-15-18-17-9(2)19(8)15)13(20)16-7-10-3-5-11(6-4-10)14(21)22/h3-6H,7H2,1-2H3,(H,16,20)(H,21,22). The van der Waals surface area contributed by atoms with Crippen molar-refractivity contribution >= 4 is 28.2 Å². The SMILES string of the molecule is Cc1nnc2sc(C(=O)NCc3ccc(C(=O)O)cc3)c(C)n12. The highest BCUT2D eigenvalue weighted by Crippen LogP contribution is 2.22. The highest BCUT2D eigenvalue weighted by molar-refractivity contribution is 7.19. The lowest BCUT2D eigenvalue weighted by Gasteiger charge is -2.05. The summed E-state index contributed by atoms with van der Waals surface area (Å²) in [4.78, 5) is 24.4. The quantitative estimate of drug-likeness (QED) is 0.763. The number of nitrogens with zero attached hydrogens (tertiary/aromatic N) is 3. The van der Waals surface area contributed by atoms with Gasteiger partial charge in [0.05, 0.1) is 5.56 Å². The normalized spacial score (nSPS) is 10.9. The van der Waals surface area contributed by atoms with E-state index in [0.29, 0.717) is 16.4 Å². The number of fused-ring (bicyclic) bond motifs is 1. The third-order valence-corrected chi connectivity index (χ3v) is 4.64. The zero-order chi connectivity index (χ0) is 16.6. The molecule has 118 valence electrons. The van der Waals surface area contributed by atoms with Crippen LogP contribution >= 0.6 is 11.3 Å². The fraction of sp³-hybridized carbons (Fsp3) is 0.200. The maximum atomic E-state index is 12.3. The number of aromatic nitrogens is 3. The molecule has 3 rings (SSSR count). The number of benzene rings is 1. The van der Waals surface area contributed by atoms with Crippen molar-refractivity contribution in [1.29, 1.82) is 0 Å². The maximum Gasteiger partial charge on any atom is 0.335 e. The van der Waals surface area contributed by atoms with Gasteiger partial charge in [0.2, 0.25) is 4.96 Å². The smallest absolute Gasteiger partial charge is 0.335 e. The third kappa shape index (κ3) is 2.80. The van der Waals surface area contributed by atoms with Crippen molar-refractivity contribution in [3.05, 3.63) is 51.8 Å². The van der Waals surface area contributed by atoms with Crippen LogP contribution < -0.4 is 5.32 Å². The van der Waals surface area contributed by atoms with Crippen LogP contribution in [-0.4, -0.2) is 31.6 Å². The van der Waals surface area contributed by atoms with Gasteiger partial charge in [-0.15, -0.1) is 10.2 Å². The Morgan fingerprint density at radius 1 is 1.22 bits per heavy atom. The van der Waals surface area contributed by atoms with Gasteiger partial charge < -0.3 is 10.4 Å². The average molecular weight is 330 g/mol. The number of amides is 1. The molecule has 2 aromatic heterocycles. The molecule has 0 aliphatic heterocycles. The molecule has 0 spiro atoms. The first-order chi connectivity index (χ1) is 11.0. The Labute approximate surface area is 135 Å². The van der Waals surface area contributed by atoms with Gasteiger partial charge in [0, 0.05) is 12.2 Å². The van der Waals surface area contributed by atoms with Crippen molar-refractivity contribution in [2.24, 2.45) is 0 Å². The largest absolute Gasteiger partial charge is 0.478 e. The van der Waals surface area contributed by atoms with Gasteiger partial charge in [0.15, 0.2) is 0 Å². The van der Waals surface area contributed by atoms with Gasteiger partial charge in [0.25, 0.3) is 5.91 Å². The number of carboxylic acids is 1. The van der Waals surface area contributed by atoms with E-state index in [1.165, 1.54) is 23.5 Å². The number of carboxylic acid groups (broad SMARTS) is 1. The van der Waals surface area contributed by atoms with Gasteiger partial charge in [-0.25, -0.2) is 4.79 Å². The van der Waals surface area contributed by atoms with Gasteiger partial charge in [-0.3, -0.25) is 9.20 Å². The Morgan fingerprint density at radius 3 is 2.52 bits per heavy atom. The Morgan fingerprint density at radius 2 is 1.91 bits per heavy atom. The number of carbonyl (C=O) groups excluding carboxylic acids is 1. The summed E-state index contributed by atoms with van der Waals surface area (Å²) in [6.07, 6.45) is 0. The summed E-state index contributed by atoms with van der Waals surface area (Å²) in [5.74, 6) is -0.404. The number of aryl methyl sites for hydroxylation is 2. The summed E-state index contributed by atoms with van der Waals surface area (Å²) in [6, 6.07) is 6.41. The summed E-state index contributed by atoms with van der Waals surface area (Å²) in [5, 5.41) is 19.7. The van der Waals surface area contributed by atoms with Gasteiger partial charge >= 0.3 is 5.97 Å². The Kier molecular flexibility index (Phi) is 3.83. The molecule has 0 saturated carbocycles. The number of carbonyl (C=O) groups is 2. The summed E-state index contributed by atoms with van der Waals surface area (Å²) in [6.45, 7) is 4.03. The molecule has 2 heterocycles. The lowest BCUT2D eigenvalue weighted by atomic mass is 10.1. The first-order valence-electron chi connectivity index (χ1n) is 6.89. The molecule has 0 bridgehead atoms. The number of nitrogens with one attached hydrogen (secondary N) is 1. The lowest BCUT2D eigenvalue weighted by molar-refractivity contribution is 0.0696. The molecule has 0 saturated heterocycles. The molecule has 23 heavy (non-hydrogen) atoms. The number of aromatic carboxylic acids is 1. The summed E-state index contributed by atoms with van der Waals surface area (Å²) < 4.78 is 1.85. The van der Waals surface area contributed by atoms with Crippen LogP contribution in [0.15, 0.2) is 24.3 Å². The van der Waals surface area contributed by atoms with E-state index in [4.69, 9.17) is 5.11 Å². The minimum absolute atomic E-state index is 0.181. The van der Waals surface area contributed by atoms with E-state index in [0.717, 1.165) is 17.1 Å². The van der Waals surface area contributed by atoms with Crippen LogP contribution in [0.4, 0.5) is 0 Å². The van der Waals surface area contributed by atoms with Crippen LogP contribution in [0.25, 0.3) is 4.96 Å². The van der Waals surface area contributed by atoms with E-state index in [9.17, 15) is 9.59 Å². The minimum Gasteiger partial charge on any atom is -0.478 e. The highest BCUT2D eigenvalue weighted by atomic mass is 32.1. The molecule has 2 N–H and O–H groups in total. The molecule has 8 heteroatoms. The number of hydrogen-bond acceptors (Lipinski definition) is 5. The first kappa shape index (κ1) is 15.2. The van der Waals surface area contributed by atoms with Crippen LogP contribution in [-0.2, 0) is 6.54 Å². The van der Waals surface area contributed by atoms with E-state index in [1.54, 1.807) is 12.1 Å². The van der Waals surface area contributed by atoms with Crippen molar-refractivity contribution in [1.82, 2.24) is 19.9 Å². The van der Waals surface area contributed by atoms with Gasteiger partial charge in [0.1, 0.15) is 10.7 Å². The van der Waals surface area contributed by atoms with E-state index in [1.807, 2.05) is 18.2 Å². The second kappa shape index (κ2) is 5.81. The van der Waals surface area contributed by atoms with Crippen molar-refractivity contribution in [3.63, 3.8) is 0 Å². The maximum absolute atomic E-state index is 12.3. The molecule has 0 atom stereocenters.